The highest BCUT2D eigenvalue weighted by atomic mass is 35.5. The summed E-state index contributed by atoms with van der Waals surface area (Å²) in [6, 6.07) is 16.4. The normalized spacial score (nSPS) is 9.38. The predicted molar refractivity (Wildman–Crippen MR) is 83.3 cm³/mol. The van der Waals surface area contributed by atoms with Gasteiger partial charge in [0.25, 0.3) is 5.91 Å². The van der Waals surface area contributed by atoms with Gasteiger partial charge in [0.05, 0.1) is 6.54 Å². The van der Waals surface area contributed by atoms with Crippen LogP contribution < -0.4 is 10.1 Å². The van der Waals surface area contributed by atoms with E-state index in [4.69, 9.17) is 16.3 Å². The summed E-state index contributed by atoms with van der Waals surface area (Å²) in [7, 11) is 0. The number of benzene rings is 2. The van der Waals surface area contributed by atoms with E-state index in [1.807, 2.05) is 30.3 Å². The molecule has 0 bridgehead atoms. The maximum absolute atomic E-state index is 11.6. The second-order valence-electron chi connectivity index (χ2n) is 4.19. The van der Waals surface area contributed by atoms with Crippen LogP contribution in [0.15, 0.2) is 54.6 Å². The van der Waals surface area contributed by atoms with E-state index in [9.17, 15) is 4.79 Å². The third-order valence-corrected chi connectivity index (χ3v) is 2.78. The number of ether oxygens (including phenoxy) is 1. The monoisotopic (exact) mass is 299 g/mol. The van der Waals surface area contributed by atoms with Crippen molar-refractivity contribution in [2.45, 2.75) is 0 Å². The van der Waals surface area contributed by atoms with Gasteiger partial charge in [-0.3, -0.25) is 4.79 Å². The summed E-state index contributed by atoms with van der Waals surface area (Å²) in [6.07, 6.45) is 0. The maximum Gasteiger partial charge on any atom is 0.258 e. The zero-order valence-electron chi connectivity index (χ0n) is 11.3. The third kappa shape index (κ3) is 5.60. The van der Waals surface area contributed by atoms with E-state index in [1.165, 1.54) is 0 Å². The van der Waals surface area contributed by atoms with Gasteiger partial charge in [0, 0.05) is 10.6 Å². The molecule has 2 aromatic carbocycles. The van der Waals surface area contributed by atoms with Crippen LogP contribution in [-0.2, 0) is 4.79 Å². The number of carbonyl (C=O) groups excluding carboxylic acids is 1. The highest BCUT2D eigenvalue weighted by Gasteiger charge is 2.00. The van der Waals surface area contributed by atoms with E-state index in [0.717, 1.165) is 5.56 Å². The second kappa shape index (κ2) is 7.98. The van der Waals surface area contributed by atoms with Crippen molar-refractivity contribution >= 4 is 17.5 Å². The molecule has 0 saturated heterocycles. The number of nitrogens with one attached hydrogen (secondary N) is 1. The number of para-hydroxylation sites is 1. The fraction of sp³-hybridized carbons (Fsp3) is 0.118. The molecule has 3 nitrogen and oxygen atoms in total. The van der Waals surface area contributed by atoms with E-state index in [0.29, 0.717) is 10.8 Å². The Morgan fingerprint density at radius 2 is 1.95 bits per heavy atom. The van der Waals surface area contributed by atoms with Gasteiger partial charge in [-0.2, -0.15) is 0 Å². The van der Waals surface area contributed by atoms with Crippen molar-refractivity contribution in [1.82, 2.24) is 5.32 Å². The van der Waals surface area contributed by atoms with Gasteiger partial charge in [0.1, 0.15) is 5.75 Å². The van der Waals surface area contributed by atoms with Crippen LogP contribution in [0.3, 0.4) is 0 Å². The van der Waals surface area contributed by atoms with Gasteiger partial charge in [0.15, 0.2) is 6.61 Å². The summed E-state index contributed by atoms with van der Waals surface area (Å²) >= 11 is 5.85. The molecule has 0 aliphatic rings. The predicted octanol–water partition coefficient (Wildman–Crippen LogP) is 2.89. The van der Waals surface area contributed by atoms with Crippen molar-refractivity contribution in [3.05, 3.63) is 65.2 Å². The Morgan fingerprint density at radius 3 is 2.71 bits per heavy atom. The molecule has 1 amide bonds. The van der Waals surface area contributed by atoms with Crippen molar-refractivity contribution < 1.29 is 9.53 Å². The third-order valence-electron chi connectivity index (χ3n) is 2.54. The number of hydrogen-bond acceptors (Lipinski definition) is 2. The van der Waals surface area contributed by atoms with Crippen molar-refractivity contribution in [2.75, 3.05) is 13.2 Å². The fourth-order valence-electron chi connectivity index (χ4n) is 1.57. The van der Waals surface area contributed by atoms with Crippen LogP contribution in [0.25, 0.3) is 0 Å². The van der Waals surface area contributed by atoms with Gasteiger partial charge in [-0.1, -0.05) is 47.7 Å². The Kier molecular flexibility index (Phi) is 5.69. The average Bonchev–Trinajstić information content (AvgIpc) is 2.51. The highest BCUT2D eigenvalue weighted by Crippen LogP contribution is 2.09. The molecule has 0 heterocycles. The molecule has 0 saturated carbocycles. The highest BCUT2D eigenvalue weighted by molar-refractivity contribution is 6.30. The molecular formula is C17H14ClNO2. The summed E-state index contributed by atoms with van der Waals surface area (Å²) in [5, 5.41) is 3.31. The number of amides is 1. The van der Waals surface area contributed by atoms with Crippen LogP contribution in [0, 0.1) is 11.8 Å². The largest absolute Gasteiger partial charge is 0.484 e. The number of rotatable bonds is 4. The lowest BCUT2D eigenvalue weighted by atomic mass is 10.2. The minimum absolute atomic E-state index is 0.0249. The van der Waals surface area contributed by atoms with Crippen LogP contribution in [0.5, 0.6) is 5.75 Å². The Bertz CT molecular complexity index is 659. The number of carbonyl (C=O) groups is 1. The molecule has 0 spiro atoms. The fourth-order valence-corrected chi connectivity index (χ4v) is 1.76. The van der Waals surface area contributed by atoms with E-state index in [-0.39, 0.29) is 19.1 Å². The molecule has 0 atom stereocenters. The van der Waals surface area contributed by atoms with Gasteiger partial charge < -0.3 is 10.1 Å². The molecular weight excluding hydrogens is 286 g/mol. The van der Waals surface area contributed by atoms with Crippen molar-refractivity contribution in [3.8, 4) is 17.6 Å². The molecule has 0 aromatic heterocycles. The number of halogens is 1. The van der Waals surface area contributed by atoms with Crippen LogP contribution in [0.4, 0.5) is 0 Å². The summed E-state index contributed by atoms with van der Waals surface area (Å²) < 4.78 is 5.32. The van der Waals surface area contributed by atoms with Gasteiger partial charge in [-0.05, 0) is 30.3 Å². The smallest absolute Gasteiger partial charge is 0.258 e. The molecule has 0 aliphatic heterocycles. The van der Waals surface area contributed by atoms with Crippen LogP contribution in [-0.4, -0.2) is 19.1 Å². The van der Waals surface area contributed by atoms with E-state index in [1.54, 1.807) is 24.3 Å². The maximum atomic E-state index is 11.6. The quantitative estimate of drug-likeness (QED) is 0.882. The summed E-state index contributed by atoms with van der Waals surface area (Å²) in [5.74, 6) is 6.24. The van der Waals surface area contributed by atoms with Gasteiger partial charge in [0.2, 0.25) is 0 Å². The van der Waals surface area contributed by atoms with Gasteiger partial charge >= 0.3 is 0 Å². The molecule has 4 heteroatoms. The van der Waals surface area contributed by atoms with E-state index < -0.39 is 0 Å². The first-order valence-electron chi connectivity index (χ1n) is 6.43. The summed E-state index contributed by atoms with van der Waals surface area (Å²) in [4.78, 5) is 11.6. The molecule has 0 radical (unpaired) electrons. The molecule has 21 heavy (non-hydrogen) atoms. The van der Waals surface area contributed by atoms with E-state index >= 15 is 0 Å². The first-order valence-corrected chi connectivity index (χ1v) is 6.81. The standard InChI is InChI=1S/C17H14ClNO2/c18-15-8-4-6-14(12-15)7-5-11-19-17(20)13-21-16-9-2-1-3-10-16/h1-4,6,8-10,12H,11,13H2,(H,19,20). The zero-order chi connectivity index (χ0) is 14.9. The Balaban J connectivity index is 1.72. The minimum atomic E-state index is -0.209. The summed E-state index contributed by atoms with van der Waals surface area (Å²) in [6.45, 7) is 0.242. The van der Waals surface area contributed by atoms with Crippen molar-refractivity contribution in [1.29, 1.82) is 0 Å². The topological polar surface area (TPSA) is 38.3 Å². The minimum Gasteiger partial charge on any atom is -0.484 e. The molecule has 0 aliphatic carbocycles. The Morgan fingerprint density at radius 1 is 1.14 bits per heavy atom. The molecule has 1 N–H and O–H groups in total. The lowest BCUT2D eigenvalue weighted by molar-refractivity contribution is -0.122. The molecule has 2 aromatic rings. The molecule has 0 unspecified atom stereocenters. The first kappa shape index (κ1) is 15.0. The van der Waals surface area contributed by atoms with Crippen molar-refractivity contribution in [3.63, 3.8) is 0 Å². The molecule has 2 rings (SSSR count). The zero-order valence-corrected chi connectivity index (χ0v) is 12.1. The lowest BCUT2D eigenvalue weighted by Crippen LogP contribution is -2.29. The van der Waals surface area contributed by atoms with Crippen LogP contribution in [0.1, 0.15) is 5.56 Å². The van der Waals surface area contributed by atoms with Crippen LogP contribution >= 0.6 is 11.6 Å². The van der Waals surface area contributed by atoms with Gasteiger partial charge in [-0.15, -0.1) is 0 Å². The Labute approximate surface area is 128 Å². The SMILES string of the molecule is O=C(COc1ccccc1)NCC#Cc1cccc(Cl)c1. The van der Waals surface area contributed by atoms with Gasteiger partial charge in [-0.25, -0.2) is 0 Å². The lowest BCUT2D eigenvalue weighted by Gasteiger charge is -2.04. The van der Waals surface area contributed by atoms with Crippen LogP contribution in [0.2, 0.25) is 5.02 Å². The first-order chi connectivity index (χ1) is 10.2. The van der Waals surface area contributed by atoms with E-state index in [2.05, 4.69) is 17.2 Å². The summed E-state index contributed by atoms with van der Waals surface area (Å²) in [5.41, 5.74) is 0.817. The second-order valence-corrected chi connectivity index (χ2v) is 4.63. The average molecular weight is 300 g/mol. The van der Waals surface area contributed by atoms with Crippen molar-refractivity contribution in [2.24, 2.45) is 0 Å². The molecule has 0 fully saturated rings. The molecule has 106 valence electrons. The number of hydrogen-bond donors (Lipinski definition) is 1. The Hall–Kier alpha value is -2.44.